The lowest BCUT2D eigenvalue weighted by Gasteiger charge is -2.25. The minimum absolute atomic E-state index is 0.109. The van der Waals surface area contributed by atoms with Crippen molar-refractivity contribution in [2.75, 3.05) is 0 Å². The van der Waals surface area contributed by atoms with Crippen molar-refractivity contribution in [3.8, 4) is 0 Å². The monoisotopic (exact) mass is 253 g/mol. The highest BCUT2D eigenvalue weighted by atomic mass is 32.2. The van der Waals surface area contributed by atoms with E-state index in [2.05, 4.69) is 12.6 Å². The molecule has 14 heavy (non-hydrogen) atoms. The Hall–Kier alpha value is 0.01000. The molecule has 0 saturated carbocycles. The summed E-state index contributed by atoms with van der Waals surface area (Å²) < 4.78 is 64.6. The second-order valence-corrected chi connectivity index (χ2v) is 4.40. The van der Waals surface area contributed by atoms with E-state index in [1.807, 2.05) is 0 Å². The lowest BCUT2D eigenvalue weighted by Crippen LogP contribution is -2.46. The molecule has 1 N–H and O–H groups in total. The van der Waals surface area contributed by atoms with E-state index < -0.39 is 26.3 Å². The van der Waals surface area contributed by atoms with Gasteiger partial charge in [-0.3, -0.25) is 4.55 Å². The van der Waals surface area contributed by atoms with Crippen LogP contribution >= 0.6 is 12.6 Å². The molecular formula is C5H10F3NO3S2. The maximum absolute atomic E-state index is 12.1. The van der Waals surface area contributed by atoms with Crippen molar-refractivity contribution in [3.63, 3.8) is 0 Å². The Morgan fingerprint density at radius 1 is 1.50 bits per heavy atom. The van der Waals surface area contributed by atoms with Gasteiger partial charge in [0, 0.05) is 0 Å². The maximum atomic E-state index is 12.1. The van der Waals surface area contributed by atoms with Crippen molar-refractivity contribution in [1.29, 1.82) is 0 Å². The normalized spacial score (nSPS) is 15.9. The minimum atomic E-state index is -5.31. The van der Waals surface area contributed by atoms with E-state index >= 15 is 0 Å². The zero-order valence-corrected chi connectivity index (χ0v) is 8.90. The molecule has 0 aliphatic heterocycles. The molecule has 0 aromatic carbocycles. The number of hydrogen-bond donors (Lipinski definition) is 2. The maximum Gasteiger partial charge on any atom is 0.476 e. The molecule has 0 aliphatic carbocycles. The molecule has 1 unspecified atom stereocenters. The summed E-state index contributed by atoms with van der Waals surface area (Å²) in [6.45, 7) is 1.57. The second-order valence-electron chi connectivity index (χ2n) is 2.51. The minimum Gasteiger partial charge on any atom is -0.273 e. The van der Waals surface area contributed by atoms with Gasteiger partial charge in [-0.15, -0.1) is 0 Å². The zero-order chi connectivity index (χ0) is 11.6. The summed E-state index contributed by atoms with van der Waals surface area (Å²) in [6, 6.07) is 0. The number of alkyl halides is 3. The van der Waals surface area contributed by atoms with E-state index in [1.54, 1.807) is 6.92 Å². The van der Waals surface area contributed by atoms with Gasteiger partial charge < -0.3 is 0 Å². The smallest absolute Gasteiger partial charge is 0.273 e. The summed E-state index contributed by atoms with van der Waals surface area (Å²) in [5.41, 5.74) is 0. The molecule has 0 fully saturated rings. The van der Waals surface area contributed by atoms with Crippen molar-refractivity contribution < 1.29 is 26.1 Å². The SMILES string of the molecule is CCCC(S)N(C(F)(F)F)S(=O)(=O)O. The predicted molar refractivity (Wildman–Crippen MR) is 47.1 cm³/mol. The Kier molecular flexibility index (Phi) is 4.69. The van der Waals surface area contributed by atoms with Gasteiger partial charge in [-0.1, -0.05) is 17.6 Å². The van der Waals surface area contributed by atoms with Gasteiger partial charge in [0.05, 0.1) is 5.37 Å². The molecule has 4 nitrogen and oxygen atoms in total. The third-order valence-electron chi connectivity index (χ3n) is 1.32. The first kappa shape index (κ1) is 14.0. The summed E-state index contributed by atoms with van der Waals surface area (Å²) in [5.74, 6) is 0. The molecule has 9 heteroatoms. The Morgan fingerprint density at radius 2 is 1.93 bits per heavy atom. The molecule has 0 aromatic heterocycles. The van der Waals surface area contributed by atoms with Crippen LogP contribution in [0.25, 0.3) is 0 Å². The number of halogens is 3. The molecule has 0 amide bonds. The summed E-state index contributed by atoms with van der Waals surface area (Å²) in [5, 5.41) is -1.60. The number of thiol groups is 1. The molecule has 0 spiro atoms. The highest BCUT2D eigenvalue weighted by Crippen LogP contribution is 2.29. The first-order chi connectivity index (χ1) is 6.10. The molecule has 0 heterocycles. The van der Waals surface area contributed by atoms with Crippen LogP contribution in [0.4, 0.5) is 13.2 Å². The van der Waals surface area contributed by atoms with Crippen LogP contribution in [0.5, 0.6) is 0 Å². The van der Waals surface area contributed by atoms with Crippen LogP contribution in [0.3, 0.4) is 0 Å². The third kappa shape index (κ3) is 4.03. The van der Waals surface area contributed by atoms with E-state index in [4.69, 9.17) is 4.55 Å². The van der Waals surface area contributed by atoms with Crippen LogP contribution in [0.2, 0.25) is 0 Å². The molecule has 0 rings (SSSR count). The molecule has 1 atom stereocenters. The van der Waals surface area contributed by atoms with Crippen molar-refractivity contribution in [2.45, 2.75) is 31.4 Å². The summed E-state index contributed by atoms with van der Waals surface area (Å²) in [4.78, 5) is 0. The average Bonchev–Trinajstić information content (AvgIpc) is 1.78. The zero-order valence-electron chi connectivity index (χ0n) is 7.19. The molecule has 0 aliphatic rings. The first-order valence-electron chi connectivity index (χ1n) is 3.62. The molecular weight excluding hydrogens is 243 g/mol. The van der Waals surface area contributed by atoms with E-state index in [0.29, 0.717) is 6.42 Å². The van der Waals surface area contributed by atoms with Crippen LogP contribution in [-0.4, -0.2) is 28.9 Å². The highest BCUT2D eigenvalue weighted by Gasteiger charge is 2.48. The summed E-state index contributed by atoms with van der Waals surface area (Å²) >= 11 is 3.46. The highest BCUT2D eigenvalue weighted by molar-refractivity contribution is 7.85. The third-order valence-corrected chi connectivity index (χ3v) is 2.92. The standard InChI is InChI=1S/C5H10F3NO3S2/c1-2-3-4(13)9(5(6,7)8)14(10,11)12/h4,13H,2-3H2,1H3,(H,10,11,12). The van der Waals surface area contributed by atoms with Crippen LogP contribution in [0.1, 0.15) is 19.8 Å². The number of hydrogen-bond acceptors (Lipinski definition) is 3. The van der Waals surface area contributed by atoms with Gasteiger partial charge in [0.2, 0.25) is 0 Å². The van der Waals surface area contributed by atoms with E-state index in [-0.39, 0.29) is 6.42 Å². The fourth-order valence-electron chi connectivity index (χ4n) is 0.829. The van der Waals surface area contributed by atoms with Crippen LogP contribution < -0.4 is 0 Å². The van der Waals surface area contributed by atoms with Gasteiger partial charge in [0.25, 0.3) is 0 Å². The van der Waals surface area contributed by atoms with Crippen molar-refractivity contribution in [3.05, 3.63) is 0 Å². The van der Waals surface area contributed by atoms with Crippen LogP contribution in [0.15, 0.2) is 0 Å². The van der Waals surface area contributed by atoms with Crippen molar-refractivity contribution >= 4 is 22.9 Å². The fourth-order valence-corrected chi connectivity index (χ4v) is 2.25. The van der Waals surface area contributed by atoms with E-state index in [9.17, 15) is 21.6 Å². The number of rotatable bonds is 4. The van der Waals surface area contributed by atoms with Crippen molar-refractivity contribution in [1.82, 2.24) is 4.31 Å². The summed E-state index contributed by atoms with van der Waals surface area (Å²) in [7, 11) is -5.31. The first-order valence-corrected chi connectivity index (χ1v) is 5.53. The second kappa shape index (κ2) is 4.69. The van der Waals surface area contributed by atoms with Gasteiger partial charge in [-0.05, 0) is 6.42 Å². The largest absolute Gasteiger partial charge is 0.476 e. The Bertz CT molecular complexity index is 276. The van der Waals surface area contributed by atoms with E-state index in [1.165, 1.54) is 0 Å². The van der Waals surface area contributed by atoms with Crippen LogP contribution in [0, 0.1) is 0 Å². The predicted octanol–water partition coefficient (Wildman–Crippen LogP) is 1.67. The quantitative estimate of drug-likeness (QED) is 0.347. The lowest BCUT2D eigenvalue weighted by molar-refractivity contribution is -0.215. The summed E-state index contributed by atoms with van der Waals surface area (Å²) in [6.07, 6.45) is -4.95. The topological polar surface area (TPSA) is 57.6 Å². The Morgan fingerprint density at radius 3 is 2.14 bits per heavy atom. The fraction of sp³-hybridized carbons (Fsp3) is 1.00. The average molecular weight is 253 g/mol. The van der Waals surface area contributed by atoms with Crippen LogP contribution in [-0.2, 0) is 10.3 Å². The number of nitrogens with zero attached hydrogens (tertiary/aromatic N) is 1. The molecule has 86 valence electrons. The lowest BCUT2D eigenvalue weighted by atomic mass is 10.3. The molecule has 0 aromatic rings. The Labute approximate surface area is 85.4 Å². The van der Waals surface area contributed by atoms with Gasteiger partial charge in [-0.25, -0.2) is 0 Å². The van der Waals surface area contributed by atoms with Gasteiger partial charge in [0.1, 0.15) is 0 Å². The van der Waals surface area contributed by atoms with Gasteiger partial charge in [0.15, 0.2) is 0 Å². The van der Waals surface area contributed by atoms with Gasteiger partial charge >= 0.3 is 16.6 Å². The van der Waals surface area contributed by atoms with E-state index in [0.717, 1.165) is 0 Å². The van der Waals surface area contributed by atoms with Crippen molar-refractivity contribution in [2.24, 2.45) is 0 Å². The molecule has 0 saturated heterocycles. The van der Waals surface area contributed by atoms with Gasteiger partial charge in [-0.2, -0.15) is 34.2 Å². The molecule has 0 bridgehead atoms. The Balaban J connectivity index is 4.94. The molecule has 0 radical (unpaired) electrons.